The minimum absolute atomic E-state index is 0.257. The molecular weight excluding hydrogens is 290 g/mol. The lowest BCUT2D eigenvalue weighted by atomic mass is 10.1. The predicted molar refractivity (Wildman–Crippen MR) is 82.7 cm³/mol. The van der Waals surface area contributed by atoms with Gasteiger partial charge in [-0.25, -0.2) is 4.79 Å². The summed E-state index contributed by atoms with van der Waals surface area (Å²) in [5.74, 6) is -0.0833. The van der Waals surface area contributed by atoms with E-state index in [0.717, 1.165) is 11.1 Å². The summed E-state index contributed by atoms with van der Waals surface area (Å²) in [6.07, 6.45) is 0. The fraction of sp³-hybridized carbons (Fsp3) is 0.188. The minimum atomic E-state index is -0.493. The molecule has 0 amide bonds. The highest BCUT2D eigenvalue weighted by Crippen LogP contribution is 2.25. The van der Waals surface area contributed by atoms with Gasteiger partial charge in [-0.1, -0.05) is 23.7 Å². The summed E-state index contributed by atoms with van der Waals surface area (Å²) in [6, 6.07) is 10.5. The molecule has 0 aliphatic carbocycles. The van der Waals surface area contributed by atoms with E-state index in [1.54, 1.807) is 12.1 Å². The van der Waals surface area contributed by atoms with Gasteiger partial charge in [0.25, 0.3) is 0 Å². The van der Waals surface area contributed by atoms with Crippen molar-refractivity contribution in [3.63, 3.8) is 0 Å². The van der Waals surface area contributed by atoms with E-state index in [2.05, 4.69) is 0 Å². The lowest BCUT2D eigenvalue weighted by molar-refractivity contribution is 0.0595. The smallest absolute Gasteiger partial charge is 0.341 e. The lowest BCUT2D eigenvalue weighted by Crippen LogP contribution is -2.07. The Labute approximate surface area is 128 Å². The van der Waals surface area contributed by atoms with E-state index < -0.39 is 5.97 Å². The van der Waals surface area contributed by atoms with Crippen LogP contribution in [0.1, 0.15) is 21.5 Å². The molecule has 110 valence electrons. The predicted octanol–water partition coefficient (Wildman–Crippen LogP) is 3.60. The Morgan fingerprint density at radius 3 is 2.67 bits per heavy atom. The normalized spacial score (nSPS) is 10.2. The Hall–Kier alpha value is -2.20. The van der Waals surface area contributed by atoms with Gasteiger partial charge in [0.15, 0.2) is 0 Å². The highest BCUT2D eigenvalue weighted by molar-refractivity contribution is 6.31. The molecule has 0 fully saturated rings. The number of nitrogen functional groups attached to an aromatic ring is 1. The molecule has 0 aliphatic heterocycles. The molecule has 0 saturated carbocycles. The molecule has 21 heavy (non-hydrogen) atoms. The fourth-order valence-corrected chi connectivity index (χ4v) is 2.16. The lowest BCUT2D eigenvalue weighted by Gasteiger charge is -2.12. The van der Waals surface area contributed by atoms with E-state index in [4.69, 9.17) is 26.8 Å². The molecule has 2 N–H and O–H groups in total. The quantitative estimate of drug-likeness (QED) is 0.692. The third-order valence-electron chi connectivity index (χ3n) is 3.00. The van der Waals surface area contributed by atoms with Crippen molar-refractivity contribution < 1.29 is 14.3 Å². The molecule has 0 aromatic heterocycles. The van der Waals surface area contributed by atoms with Crippen LogP contribution in [0.25, 0.3) is 0 Å². The first-order valence-electron chi connectivity index (χ1n) is 6.37. The number of esters is 1. The fourth-order valence-electron chi connectivity index (χ4n) is 1.87. The van der Waals surface area contributed by atoms with Gasteiger partial charge in [-0.15, -0.1) is 0 Å². The number of benzene rings is 2. The van der Waals surface area contributed by atoms with Crippen molar-refractivity contribution in [2.45, 2.75) is 13.5 Å². The van der Waals surface area contributed by atoms with Crippen LogP contribution in [-0.2, 0) is 11.3 Å². The van der Waals surface area contributed by atoms with E-state index in [0.29, 0.717) is 22.0 Å². The van der Waals surface area contributed by atoms with Crippen molar-refractivity contribution in [3.8, 4) is 5.75 Å². The third kappa shape index (κ3) is 3.67. The van der Waals surface area contributed by atoms with Gasteiger partial charge >= 0.3 is 5.97 Å². The van der Waals surface area contributed by atoms with Crippen LogP contribution in [0.5, 0.6) is 5.75 Å². The number of ether oxygens (including phenoxy) is 2. The molecule has 0 radical (unpaired) electrons. The molecule has 0 aliphatic rings. The number of carbonyl (C=O) groups excluding carboxylic acids is 1. The Bertz CT molecular complexity index is 671. The number of anilines is 1. The largest absolute Gasteiger partial charge is 0.488 e. The van der Waals surface area contributed by atoms with Crippen LogP contribution in [0.15, 0.2) is 36.4 Å². The second-order valence-corrected chi connectivity index (χ2v) is 5.04. The van der Waals surface area contributed by atoms with Crippen molar-refractivity contribution in [2.24, 2.45) is 0 Å². The van der Waals surface area contributed by atoms with Gasteiger partial charge < -0.3 is 15.2 Å². The van der Waals surface area contributed by atoms with Gasteiger partial charge in [-0.05, 0) is 36.8 Å². The van der Waals surface area contributed by atoms with Crippen molar-refractivity contribution in [2.75, 3.05) is 12.8 Å². The molecule has 0 bridgehead atoms. The van der Waals surface area contributed by atoms with Gasteiger partial charge in [0.05, 0.1) is 7.11 Å². The second-order valence-electron chi connectivity index (χ2n) is 4.63. The molecule has 0 unspecified atom stereocenters. The van der Waals surface area contributed by atoms with Crippen molar-refractivity contribution >= 4 is 23.3 Å². The van der Waals surface area contributed by atoms with Gasteiger partial charge in [0.1, 0.15) is 17.9 Å². The summed E-state index contributed by atoms with van der Waals surface area (Å²) in [5.41, 5.74) is 8.36. The summed E-state index contributed by atoms with van der Waals surface area (Å²) in [6.45, 7) is 2.22. The number of halogens is 1. The average molecular weight is 306 g/mol. The molecule has 0 spiro atoms. The van der Waals surface area contributed by atoms with Crippen LogP contribution in [0.4, 0.5) is 5.69 Å². The second kappa shape index (κ2) is 6.50. The molecule has 2 aromatic rings. The number of rotatable bonds is 4. The zero-order chi connectivity index (χ0) is 15.4. The van der Waals surface area contributed by atoms with Crippen LogP contribution >= 0.6 is 11.6 Å². The number of hydrogen-bond acceptors (Lipinski definition) is 4. The number of nitrogens with two attached hydrogens (primary N) is 1. The van der Waals surface area contributed by atoms with Gasteiger partial charge in [0.2, 0.25) is 0 Å². The Morgan fingerprint density at radius 2 is 2.00 bits per heavy atom. The first kappa shape index (κ1) is 15.2. The van der Waals surface area contributed by atoms with E-state index in [1.165, 1.54) is 13.2 Å². The number of hydrogen-bond donors (Lipinski definition) is 1. The zero-order valence-corrected chi connectivity index (χ0v) is 12.6. The summed E-state index contributed by atoms with van der Waals surface area (Å²) < 4.78 is 10.4. The SMILES string of the molecule is COC(=O)c1cc(N)ccc1OCc1ccc(C)cc1Cl. The van der Waals surface area contributed by atoms with Crippen LogP contribution in [-0.4, -0.2) is 13.1 Å². The van der Waals surface area contributed by atoms with E-state index in [9.17, 15) is 4.79 Å². The van der Waals surface area contributed by atoms with Crippen LogP contribution in [0.2, 0.25) is 5.02 Å². The molecule has 5 heteroatoms. The maximum absolute atomic E-state index is 11.7. The summed E-state index contributed by atoms with van der Waals surface area (Å²) in [4.78, 5) is 11.7. The molecule has 4 nitrogen and oxygen atoms in total. The maximum Gasteiger partial charge on any atom is 0.341 e. The average Bonchev–Trinajstić information content (AvgIpc) is 2.46. The van der Waals surface area contributed by atoms with Crippen LogP contribution in [0.3, 0.4) is 0 Å². The molecule has 0 atom stereocenters. The first-order valence-corrected chi connectivity index (χ1v) is 6.74. The van der Waals surface area contributed by atoms with Gasteiger partial charge in [-0.3, -0.25) is 0 Å². The van der Waals surface area contributed by atoms with E-state index in [-0.39, 0.29) is 6.61 Å². The maximum atomic E-state index is 11.7. The molecule has 0 saturated heterocycles. The topological polar surface area (TPSA) is 61.5 Å². The summed E-state index contributed by atoms with van der Waals surface area (Å²) in [5, 5.41) is 0.630. The Kier molecular flexibility index (Phi) is 4.70. The number of aryl methyl sites for hydroxylation is 1. The van der Waals surface area contributed by atoms with Gasteiger partial charge in [-0.2, -0.15) is 0 Å². The first-order chi connectivity index (χ1) is 10.0. The van der Waals surface area contributed by atoms with Crippen molar-refractivity contribution in [1.29, 1.82) is 0 Å². The Morgan fingerprint density at radius 1 is 1.24 bits per heavy atom. The molecular formula is C16H16ClNO3. The standard InChI is InChI=1S/C16H16ClNO3/c1-10-3-4-11(14(17)7-10)9-21-15-6-5-12(18)8-13(15)16(19)20-2/h3-8H,9,18H2,1-2H3. The third-order valence-corrected chi connectivity index (χ3v) is 3.35. The Balaban J connectivity index is 2.21. The highest BCUT2D eigenvalue weighted by Gasteiger charge is 2.14. The van der Waals surface area contributed by atoms with E-state index in [1.807, 2.05) is 25.1 Å². The highest BCUT2D eigenvalue weighted by atomic mass is 35.5. The summed E-state index contributed by atoms with van der Waals surface area (Å²) >= 11 is 6.16. The number of methoxy groups -OCH3 is 1. The number of carbonyl (C=O) groups is 1. The van der Waals surface area contributed by atoms with Crippen LogP contribution in [0, 0.1) is 6.92 Å². The minimum Gasteiger partial charge on any atom is -0.488 e. The van der Waals surface area contributed by atoms with Gasteiger partial charge in [0, 0.05) is 16.3 Å². The molecule has 2 rings (SSSR count). The monoisotopic (exact) mass is 305 g/mol. The van der Waals surface area contributed by atoms with Crippen LogP contribution < -0.4 is 10.5 Å². The van der Waals surface area contributed by atoms with Crippen molar-refractivity contribution in [3.05, 3.63) is 58.1 Å². The zero-order valence-electron chi connectivity index (χ0n) is 11.9. The summed E-state index contributed by atoms with van der Waals surface area (Å²) in [7, 11) is 1.31. The molecule has 0 heterocycles. The van der Waals surface area contributed by atoms with Crippen molar-refractivity contribution in [1.82, 2.24) is 0 Å². The molecule has 2 aromatic carbocycles. The van der Waals surface area contributed by atoms with E-state index >= 15 is 0 Å².